The second-order valence-electron chi connectivity index (χ2n) is 5.46. The van der Waals surface area contributed by atoms with Crippen LogP contribution in [0.25, 0.3) is 5.65 Å². The zero-order chi connectivity index (χ0) is 16.4. The van der Waals surface area contributed by atoms with Gasteiger partial charge in [-0.2, -0.15) is 0 Å². The molecule has 118 valence electrons. The number of fused-ring (bicyclic) bond motifs is 1. The first-order chi connectivity index (χ1) is 11.0. The first-order valence-corrected chi connectivity index (χ1v) is 7.50. The van der Waals surface area contributed by atoms with Gasteiger partial charge >= 0.3 is 0 Å². The van der Waals surface area contributed by atoms with E-state index in [0.29, 0.717) is 29.5 Å². The summed E-state index contributed by atoms with van der Waals surface area (Å²) in [5, 5.41) is 0.488. The van der Waals surface area contributed by atoms with Gasteiger partial charge in [-0.05, 0) is 36.9 Å². The number of nitrogens with zero attached hydrogens (tertiary/aromatic N) is 3. The lowest BCUT2D eigenvalue weighted by molar-refractivity contribution is 0.315. The van der Waals surface area contributed by atoms with Crippen molar-refractivity contribution in [2.45, 2.75) is 13.1 Å². The van der Waals surface area contributed by atoms with Crippen molar-refractivity contribution in [3.63, 3.8) is 0 Å². The Morgan fingerprint density at radius 1 is 1.17 bits per heavy atom. The lowest BCUT2D eigenvalue weighted by Gasteiger charge is -2.16. The molecule has 3 rings (SSSR count). The molecular weight excluding hydrogens is 317 g/mol. The summed E-state index contributed by atoms with van der Waals surface area (Å²) in [5.74, 6) is -0.251. The van der Waals surface area contributed by atoms with Gasteiger partial charge in [-0.15, -0.1) is 0 Å². The normalized spacial score (nSPS) is 11.3. The highest BCUT2D eigenvalue weighted by Gasteiger charge is 2.07. The van der Waals surface area contributed by atoms with Crippen LogP contribution in [-0.4, -0.2) is 21.3 Å². The Labute approximate surface area is 137 Å². The summed E-state index contributed by atoms with van der Waals surface area (Å²) in [6.07, 6.45) is 1.55. The van der Waals surface area contributed by atoms with Gasteiger partial charge < -0.3 is 0 Å². The van der Waals surface area contributed by atoms with E-state index in [9.17, 15) is 9.18 Å². The van der Waals surface area contributed by atoms with Crippen molar-refractivity contribution in [2.24, 2.45) is 0 Å². The third-order valence-corrected chi connectivity index (χ3v) is 3.70. The fraction of sp³-hybridized carbons (Fsp3) is 0.176. The van der Waals surface area contributed by atoms with Crippen molar-refractivity contribution in [1.82, 2.24) is 14.3 Å². The summed E-state index contributed by atoms with van der Waals surface area (Å²) in [4.78, 5) is 18.6. The summed E-state index contributed by atoms with van der Waals surface area (Å²) < 4.78 is 14.3. The molecule has 0 spiro atoms. The summed E-state index contributed by atoms with van der Waals surface area (Å²) in [6.45, 7) is 1.16. The molecule has 0 unspecified atom stereocenters. The Bertz CT molecular complexity index is 892. The maximum atomic E-state index is 12.9. The SMILES string of the molecule is CN(Cc1ccc(F)cc1)Cc1cc(=O)n2cc(Cl)ccc2n1. The molecule has 0 N–H and O–H groups in total. The van der Waals surface area contributed by atoms with Gasteiger partial charge in [0, 0.05) is 25.4 Å². The predicted molar refractivity (Wildman–Crippen MR) is 88.0 cm³/mol. The highest BCUT2D eigenvalue weighted by Crippen LogP contribution is 2.10. The number of rotatable bonds is 4. The maximum Gasteiger partial charge on any atom is 0.258 e. The molecule has 2 aromatic heterocycles. The van der Waals surface area contributed by atoms with Crippen LogP contribution in [0.5, 0.6) is 0 Å². The molecule has 1 aromatic carbocycles. The Kier molecular flexibility index (Phi) is 4.41. The second kappa shape index (κ2) is 6.48. The van der Waals surface area contributed by atoms with Crippen LogP contribution in [0.15, 0.2) is 53.5 Å². The minimum Gasteiger partial charge on any atom is -0.296 e. The largest absolute Gasteiger partial charge is 0.296 e. The molecule has 6 heteroatoms. The summed E-state index contributed by atoms with van der Waals surface area (Å²) in [7, 11) is 1.93. The van der Waals surface area contributed by atoms with Gasteiger partial charge in [-0.3, -0.25) is 14.1 Å². The Morgan fingerprint density at radius 2 is 1.91 bits per heavy atom. The fourth-order valence-corrected chi connectivity index (χ4v) is 2.60. The molecule has 0 amide bonds. The number of aromatic nitrogens is 2. The Balaban J connectivity index is 1.79. The lowest BCUT2D eigenvalue weighted by Crippen LogP contribution is -2.21. The Hall–Kier alpha value is -2.24. The number of hydrogen-bond acceptors (Lipinski definition) is 3. The quantitative estimate of drug-likeness (QED) is 0.737. The van der Waals surface area contributed by atoms with Crippen molar-refractivity contribution in [3.8, 4) is 0 Å². The van der Waals surface area contributed by atoms with Crippen LogP contribution in [0.4, 0.5) is 4.39 Å². The summed E-state index contributed by atoms with van der Waals surface area (Å²) >= 11 is 5.89. The van der Waals surface area contributed by atoms with E-state index in [-0.39, 0.29) is 11.4 Å². The summed E-state index contributed by atoms with van der Waals surface area (Å²) in [5.41, 5.74) is 2.08. The van der Waals surface area contributed by atoms with Crippen LogP contribution in [0, 0.1) is 5.82 Å². The van der Waals surface area contributed by atoms with Crippen molar-refractivity contribution in [3.05, 3.63) is 81.1 Å². The topological polar surface area (TPSA) is 37.6 Å². The monoisotopic (exact) mass is 331 g/mol. The molecule has 2 heterocycles. The van der Waals surface area contributed by atoms with Crippen molar-refractivity contribution >= 4 is 17.2 Å². The second-order valence-corrected chi connectivity index (χ2v) is 5.90. The predicted octanol–water partition coefficient (Wildman–Crippen LogP) is 3.12. The molecule has 0 aliphatic carbocycles. The zero-order valence-corrected chi connectivity index (χ0v) is 13.3. The van der Waals surface area contributed by atoms with Crippen LogP contribution in [0.1, 0.15) is 11.3 Å². The first-order valence-electron chi connectivity index (χ1n) is 7.12. The minimum atomic E-state index is -0.251. The van der Waals surface area contributed by atoms with Gasteiger partial charge in [-0.25, -0.2) is 9.37 Å². The highest BCUT2D eigenvalue weighted by molar-refractivity contribution is 6.30. The molecule has 0 radical (unpaired) electrons. The fourth-order valence-electron chi connectivity index (χ4n) is 2.44. The van der Waals surface area contributed by atoms with Crippen LogP contribution >= 0.6 is 11.6 Å². The van der Waals surface area contributed by atoms with Crippen LogP contribution in [0.2, 0.25) is 5.02 Å². The van der Waals surface area contributed by atoms with Crippen LogP contribution in [-0.2, 0) is 13.1 Å². The van der Waals surface area contributed by atoms with E-state index in [1.54, 1.807) is 30.5 Å². The molecule has 0 saturated carbocycles. The molecular formula is C17H15ClFN3O. The van der Waals surface area contributed by atoms with E-state index in [1.165, 1.54) is 22.6 Å². The molecule has 0 atom stereocenters. The van der Waals surface area contributed by atoms with E-state index < -0.39 is 0 Å². The van der Waals surface area contributed by atoms with Gasteiger partial charge in [0.15, 0.2) is 0 Å². The van der Waals surface area contributed by atoms with Crippen LogP contribution in [0.3, 0.4) is 0 Å². The molecule has 23 heavy (non-hydrogen) atoms. The molecule has 4 nitrogen and oxygen atoms in total. The number of halogens is 2. The van der Waals surface area contributed by atoms with E-state index >= 15 is 0 Å². The van der Waals surface area contributed by atoms with Crippen molar-refractivity contribution in [2.75, 3.05) is 7.05 Å². The number of benzene rings is 1. The molecule has 0 aliphatic rings. The van der Waals surface area contributed by atoms with E-state index in [2.05, 4.69) is 4.98 Å². The molecule has 3 aromatic rings. The molecule has 0 saturated heterocycles. The highest BCUT2D eigenvalue weighted by atomic mass is 35.5. The first kappa shape index (κ1) is 15.6. The molecule has 0 fully saturated rings. The van der Waals surface area contributed by atoms with E-state index in [0.717, 1.165) is 5.56 Å². The van der Waals surface area contributed by atoms with E-state index in [4.69, 9.17) is 11.6 Å². The van der Waals surface area contributed by atoms with Crippen LogP contribution < -0.4 is 5.56 Å². The van der Waals surface area contributed by atoms with Gasteiger partial charge in [0.25, 0.3) is 5.56 Å². The average Bonchev–Trinajstić information content (AvgIpc) is 2.50. The Morgan fingerprint density at radius 3 is 2.65 bits per heavy atom. The third kappa shape index (κ3) is 3.75. The number of hydrogen-bond donors (Lipinski definition) is 0. The summed E-state index contributed by atoms with van der Waals surface area (Å²) in [6, 6.07) is 11.3. The molecule has 0 bridgehead atoms. The average molecular weight is 332 g/mol. The smallest absolute Gasteiger partial charge is 0.258 e. The standard InChI is InChI=1S/C17H15ClFN3O/c1-21(9-12-2-5-14(19)6-3-12)11-15-8-17(23)22-10-13(18)4-7-16(22)20-15/h2-8,10H,9,11H2,1H3. The van der Waals surface area contributed by atoms with Gasteiger partial charge in [0.2, 0.25) is 0 Å². The van der Waals surface area contributed by atoms with Gasteiger partial charge in [0.1, 0.15) is 11.5 Å². The van der Waals surface area contributed by atoms with Gasteiger partial charge in [0.05, 0.1) is 10.7 Å². The van der Waals surface area contributed by atoms with Gasteiger partial charge in [-0.1, -0.05) is 23.7 Å². The third-order valence-electron chi connectivity index (χ3n) is 3.47. The van der Waals surface area contributed by atoms with Crippen molar-refractivity contribution < 1.29 is 4.39 Å². The molecule has 0 aliphatic heterocycles. The van der Waals surface area contributed by atoms with E-state index in [1.807, 2.05) is 11.9 Å². The maximum absolute atomic E-state index is 12.9. The zero-order valence-electron chi connectivity index (χ0n) is 12.5. The minimum absolute atomic E-state index is 0.164. The number of pyridine rings is 1. The van der Waals surface area contributed by atoms with Crippen molar-refractivity contribution in [1.29, 1.82) is 0 Å². The lowest BCUT2D eigenvalue weighted by atomic mass is 10.2.